The Labute approximate surface area is 104 Å². The van der Waals surface area contributed by atoms with Crippen LogP contribution in [0.3, 0.4) is 0 Å². The molecule has 17 heavy (non-hydrogen) atoms. The van der Waals surface area contributed by atoms with Crippen LogP contribution in [-0.4, -0.2) is 34.3 Å². The minimum Gasteiger partial charge on any atom is -0.294 e. The summed E-state index contributed by atoms with van der Waals surface area (Å²) in [4.78, 5) is 28.6. The zero-order chi connectivity index (χ0) is 12.4. The number of nitrogens with zero attached hydrogens (tertiary/aromatic N) is 2. The van der Waals surface area contributed by atoms with Gasteiger partial charge in [-0.25, -0.2) is 0 Å². The third kappa shape index (κ3) is 2.81. The molecule has 0 spiro atoms. The third-order valence-electron chi connectivity index (χ3n) is 2.68. The molecule has 0 radical (unpaired) electrons. The average molecular weight is 254 g/mol. The maximum atomic E-state index is 11.5. The van der Waals surface area contributed by atoms with Crippen LogP contribution in [0.25, 0.3) is 0 Å². The molecule has 0 saturated carbocycles. The maximum absolute atomic E-state index is 11.5. The van der Waals surface area contributed by atoms with Crippen LogP contribution in [-0.2, 0) is 16.1 Å². The fourth-order valence-corrected chi connectivity index (χ4v) is 1.89. The Morgan fingerprint density at radius 2 is 2.35 bits per heavy atom. The van der Waals surface area contributed by atoms with E-state index < -0.39 is 0 Å². The van der Waals surface area contributed by atoms with Crippen molar-refractivity contribution in [3.63, 3.8) is 0 Å². The number of pyridine rings is 1. The van der Waals surface area contributed by atoms with Gasteiger partial charge in [-0.05, 0) is 19.1 Å². The Morgan fingerprint density at radius 1 is 1.59 bits per heavy atom. The summed E-state index contributed by atoms with van der Waals surface area (Å²) in [5.74, 6) is -0.557. The number of carbonyl (C=O) groups excluding carboxylic acids is 2. The number of nitrogens with one attached hydrogen (secondary N) is 1. The van der Waals surface area contributed by atoms with Crippen molar-refractivity contribution in [3.05, 3.63) is 29.0 Å². The summed E-state index contributed by atoms with van der Waals surface area (Å²) in [5, 5.41) is 2.88. The molecule has 2 amide bonds. The van der Waals surface area contributed by atoms with E-state index in [2.05, 4.69) is 10.3 Å². The smallest absolute Gasteiger partial charge is 0.243 e. The molecule has 6 heteroatoms. The van der Waals surface area contributed by atoms with Gasteiger partial charge in [0, 0.05) is 17.8 Å². The molecular formula is C11H12ClN3O2. The highest BCUT2D eigenvalue weighted by Gasteiger charge is 2.30. The van der Waals surface area contributed by atoms with Gasteiger partial charge in [0.05, 0.1) is 18.3 Å². The number of aromatic nitrogens is 1. The Bertz CT molecular complexity index is 464. The number of imide groups is 1. The van der Waals surface area contributed by atoms with Crippen molar-refractivity contribution in [1.29, 1.82) is 0 Å². The molecule has 5 nitrogen and oxygen atoms in total. The van der Waals surface area contributed by atoms with Gasteiger partial charge in [0.15, 0.2) is 0 Å². The van der Waals surface area contributed by atoms with Gasteiger partial charge in [0.2, 0.25) is 11.8 Å². The fourth-order valence-electron chi connectivity index (χ4n) is 1.70. The summed E-state index contributed by atoms with van der Waals surface area (Å²) < 4.78 is 0. The lowest BCUT2D eigenvalue weighted by Gasteiger charge is -2.31. The lowest BCUT2D eigenvalue weighted by Crippen LogP contribution is -2.56. The molecule has 0 aliphatic carbocycles. The monoisotopic (exact) mass is 253 g/mol. The van der Waals surface area contributed by atoms with Crippen molar-refractivity contribution in [2.24, 2.45) is 0 Å². The van der Waals surface area contributed by atoms with Crippen molar-refractivity contribution in [3.8, 4) is 0 Å². The normalized spacial score (nSPS) is 21.4. The zero-order valence-corrected chi connectivity index (χ0v) is 10.1. The maximum Gasteiger partial charge on any atom is 0.243 e. The first-order valence-electron chi connectivity index (χ1n) is 5.24. The molecule has 1 N–H and O–H groups in total. The Balaban J connectivity index is 2.12. The third-order valence-corrected chi connectivity index (χ3v) is 2.92. The summed E-state index contributed by atoms with van der Waals surface area (Å²) in [7, 11) is 0. The van der Waals surface area contributed by atoms with E-state index in [1.165, 1.54) is 0 Å². The minimum absolute atomic E-state index is 0.196. The molecule has 0 bridgehead atoms. The summed E-state index contributed by atoms with van der Waals surface area (Å²) >= 11 is 5.85. The first-order valence-corrected chi connectivity index (χ1v) is 5.62. The quantitative estimate of drug-likeness (QED) is 0.784. The SMILES string of the molecule is CC1C(=O)NC(=O)CN1Cc1cc(Cl)ccn1. The highest BCUT2D eigenvalue weighted by molar-refractivity contribution is 6.30. The predicted octanol–water partition coefficient (Wildman–Crippen LogP) is 0.582. The number of rotatable bonds is 2. The largest absolute Gasteiger partial charge is 0.294 e. The highest BCUT2D eigenvalue weighted by atomic mass is 35.5. The van der Waals surface area contributed by atoms with Crippen LogP contribution in [0.5, 0.6) is 0 Å². The minimum atomic E-state index is -0.339. The van der Waals surface area contributed by atoms with E-state index in [0.717, 1.165) is 5.69 Å². The number of hydrogen-bond donors (Lipinski definition) is 1. The van der Waals surface area contributed by atoms with E-state index >= 15 is 0 Å². The van der Waals surface area contributed by atoms with Gasteiger partial charge < -0.3 is 0 Å². The van der Waals surface area contributed by atoms with Gasteiger partial charge in [-0.15, -0.1) is 0 Å². The molecule has 1 aliphatic heterocycles. The highest BCUT2D eigenvalue weighted by Crippen LogP contribution is 2.13. The van der Waals surface area contributed by atoms with Gasteiger partial charge in [-0.2, -0.15) is 0 Å². The van der Waals surface area contributed by atoms with E-state index in [-0.39, 0.29) is 24.4 Å². The molecule has 1 aromatic rings. The first kappa shape index (κ1) is 12.0. The molecule has 1 aliphatic rings. The van der Waals surface area contributed by atoms with E-state index in [1.807, 2.05) is 0 Å². The van der Waals surface area contributed by atoms with E-state index in [1.54, 1.807) is 30.2 Å². The molecule has 1 saturated heterocycles. The number of halogens is 1. The predicted molar refractivity (Wildman–Crippen MR) is 62.3 cm³/mol. The van der Waals surface area contributed by atoms with E-state index in [4.69, 9.17) is 11.6 Å². The van der Waals surface area contributed by atoms with Crippen LogP contribution in [0.15, 0.2) is 18.3 Å². The van der Waals surface area contributed by atoms with Gasteiger partial charge in [0.1, 0.15) is 0 Å². The van der Waals surface area contributed by atoms with Crippen LogP contribution < -0.4 is 5.32 Å². The van der Waals surface area contributed by atoms with E-state index in [9.17, 15) is 9.59 Å². The summed E-state index contributed by atoms with van der Waals surface area (Å²) in [5.41, 5.74) is 0.742. The van der Waals surface area contributed by atoms with Crippen molar-refractivity contribution < 1.29 is 9.59 Å². The molecule has 1 fully saturated rings. The van der Waals surface area contributed by atoms with Crippen molar-refractivity contribution >= 4 is 23.4 Å². The van der Waals surface area contributed by atoms with Crippen LogP contribution in [0, 0.1) is 0 Å². The number of piperazine rings is 1. The summed E-state index contributed by atoms with van der Waals surface area (Å²) in [6.45, 7) is 2.38. The summed E-state index contributed by atoms with van der Waals surface area (Å²) in [6, 6.07) is 3.07. The molecule has 0 aromatic carbocycles. The van der Waals surface area contributed by atoms with Crippen LogP contribution in [0.1, 0.15) is 12.6 Å². The Morgan fingerprint density at radius 3 is 3.06 bits per heavy atom. The lowest BCUT2D eigenvalue weighted by molar-refractivity contribution is -0.139. The Hall–Kier alpha value is -1.46. The first-order chi connectivity index (χ1) is 8.06. The molecule has 1 unspecified atom stereocenters. The molecule has 1 aromatic heterocycles. The lowest BCUT2D eigenvalue weighted by atomic mass is 10.2. The molecule has 2 heterocycles. The number of hydrogen-bond acceptors (Lipinski definition) is 4. The molecule has 90 valence electrons. The summed E-state index contributed by atoms with van der Waals surface area (Å²) in [6.07, 6.45) is 1.61. The van der Waals surface area contributed by atoms with Crippen LogP contribution in [0.2, 0.25) is 5.02 Å². The van der Waals surface area contributed by atoms with Gasteiger partial charge >= 0.3 is 0 Å². The number of amides is 2. The Kier molecular flexibility index (Phi) is 3.40. The second-order valence-corrected chi connectivity index (χ2v) is 4.40. The van der Waals surface area contributed by atoms with Gasteiger partial charge in [0.25, 0.3) is 0 Å². The molecular weight excluding hydrogens is 242 g/mol. The van der Waals surface area contributed by atoms with E-state index in [0.29, 0.717) is 11.6 Å². The molecule has 1 atom stereocenters. The second kappa shape index (κ2) is 4.81. The van der Waals surface area contributed by atoms with Crippen LogP contribution >= 0.6 is 11.6 Å². The fraction of sp³-hybridized carbons (Fsp3) is 0.364. The standard InChI is InChI=1S/C11H12ClN3O2/c1-7-11(17)14-10(16)6-15(7)5-9-4-8(12)2-3-13-9/h2-4,7H,5-6H2,1H3,(H,14,16,17). The molecule has 2 rings (SSSR count). The van der Waals surface area contributed by atoms with Crippen molar-refractivity contribution in [2.45, 2.75) is 19.5 Å². The van der Waals surface area contributed by atoms with Gasteiger partial charge in [-0.1, -0.05) is 11.6 Å². The number of carbonyl (C=O) groups is 2. The average Bonchev–Trinajstić information content (AvgIpc) is 2.25. The van der Waals surface area contributed by atoms with Gasteiger partial charge in [-0.3, -0.25) is 24.8 Å². The van der Waals surface area contributed by atoms with Crippen molar-refractivity contribution in [2.75, 3.05) is 6.54 Å². The van der Waals surface area contributed by atoms with Crippen LogP contribution in [0.4, 0.5) is 0 Å². The zero-order valence-electron chi connectivity index (χ0n) is 9.31. The van der Waals surface area contributed by atoms with Crippen molar-refractivity contribution in [1.82, 2.24) is 15.2 Å². The topological polar surface area (TPSA) is 62.3 Å². The second-order valence-electron chi connectivity index (χ2n) is 3.96.